The van der Waals surface area contributed by atoms with Crippen molar-refractivity contribution < 1.29 is 47.3 Å². The van der Waals surface area contributed by atoms with Gasteiger partial charge in [-0.15, -0.1) is 0 Å². The van der Waals surface area contributed by atoms with Crippen molar-refractivity contribution in [2.24, 2.45) is 5.92 Å². The molecule has 3 aromatic carbocycles. The predicted molar refractivity (Wildman–Crippen MR) is 155 cm³/mol. The molecule has 0 saturated heterocycles. The lowest BCUT2D eigenvalue weighted by Crippen LogP contribution is -2.40. The van der Waals surface area contributed by atoms with Crippen molar-refractivity contribution in [1.29, 1.82) is 0 Å². The molecule has 1 aliphatic rings. The lowest BCUT2D eigenvalue weighted by molar-refractivity contribution is -0.384. The molecule has 230 valence electrons. The average molecular weight is 625 g/mol. The molecule has 1 N–H and O–H groups in total. The van der Waals surface area contributed by atoms with E-state index in [4.69, 9.17) is 18.3 Å². The third-order valence-corrected chi connectivity index (χ3v) is 7.87. The Bertz CT molecular complexity index is 1560. The molecular formula is C30H29N2O11P. The largest absolute Gasteiger partial charge is 0.646 e. The maximum atomic E-state index is 14.2. The van der Waals surface area contributed by atoms with E-state index in [1.165, 1.54) is 31.2 Å². The zero-order valence-corrected chi connectivity index (χ0v) is 24.8. The number of rotatable bonds is 11. The second kappa shape index (κ2) is 13.5. The van der Waals surface area contributed by atoms with E-state index in [1.807, 2.05) is 0 Å². The quantitative estimate of drug-likeness (QED) is 0.0950. The Hall–Kier alpha value is -5.00. The van der Waals surface area contributed by atoms with Gasteiger partial charge < -0.3 is 23.4 Å². The van der Waals surface area contributed by atoms with Gasteiger partial charge in [-0.3, -0.25) is 19.8 Å². The summed E-state index contributed by atoms with van der Waals surface area (Å²) in [5.74, 6) is -4.07. The number of aliphatic hydroxyl groups excluding tert-OH is 1. The van der Waals surface area contributed by atoms with Crippen molar-refractivity contribution in [3.8, 4) is 11.5 Å². The number of phosphoric acid groups is 1. The molecule has 0 radical (unpaired) electrons. The first kappa shape index (κ1) is 31.9. The number of phosphoric ester groups is 1. The Morgan fingerprint density at radius 2 is 1.41 bits per heavy atom. The molecule has 3 atom stereocenters. The number of nitrogens with zero attached hydrogens (tertiary/aromatic N) is 2. The number of nitro groups is 1. The number of carbonyl (C=O) groups excluding carboxylic acids is 3. The average Bonchev–Trinajstić information content (AvgIpc) is 3.22. The van der Waals surface area contributed by atoms with Crippen molar-refractivity contribution >= 4 is 31.4 Å². The van der Waals surface area contributed by atoms with Gasteiger partial charge in [0.2, 0.25) is 5.91 Å². The first-order valence-corrected chi connectivity index (χ1v) is 14.9. The Balaban J connectivity index is 1.76. The molecular weight excluding hydrogens is 595 g/mol. The number of esters is 2. The summed E-state index contributed by atoms with van der Waals surface area (Å²) < 4.78 is 36.5. The normalized spacial score (nSPS) is 17.0. The van der Waals surface area contributed by atoms with E-state index in [9.17, 15) is 34.2 Å². The van der Waals surface area contributed by atoms with Crippen molar-refractivity contribution in [2.45, 2.75) is 39.3 Å². The molecule has 44 heavy (non-hydrogen) atoms. The number of benzene rings is 3. The Labute approximate surface area is 252 Å². The van der Waals surface area contributed by atoms with Gasteiger partial charge in [0.1, 0.15) is 17.3 Å². The molecule has 0 aliphatic carbocycles. The van der Waals surface area contributed by atoms with Crippen LogP contribution in [0.25, 0.3) is 0 Å². The SMILES string of the molecule is CC1[C@@H](C)C(OP(=O)(Oc2ccccc2)Oc2ccccc2)=C(C(=O)OC(=O)c2ccc([N+](=O)[O-])cc2)N1C(=O)C[C@@H](C)O. The van der Waals surface area contributed by atoms with Crippen LogP contribution in [-0.4, -0.2) is 44.9 Å². The van der Waals surface area contributed by atoms with E-state index in [-0.39, 0.29) is 28.5 Å². The van der Waals surface area contributed by atoms with E-state index in [0.29, 0.717) is 0 Å². The lowest BCUT2D eigenvalue weighted by atomic mass is 10.0. The van der Waals surface area contributed by atoms with Crippen molar-refractivity contribution in [3.63, 3.8) is 0 Å². The minimum atomic E-state index is -4.65. The molecule has 1 heterocycles. The smallest absolute Gasteiger partial charge is 0.393 e. The van der Waals surface area contributed by atoms with Gasteiger partial charge in [0.15, 0.2) is 5.70 Å². The fourth-order valence-electron chi connectivity index (χ4n) is 4.32. The number of para-hydroxylation sites is 2. The number of aliphatic hydroxyl groups is 1. The summed E-state index contributed by atoms with van der Waals surface area (Å²) in [5.41, 5.74) is -1.01. The van der Waals surface area contributed by atoms with Gasteiger partial charge in [-0.25, -0.2) is 9.59 Å². The topological polar surface area (TPSA) is 172 Å². The summed E-state index contributed by atoms with van der Waals surface area (Å²) in [4.78, 5) is 51.0. The Morgan fingerprint density at radius 3 is 1.89 bits per heavy atom. The fraction of sp³-hybridized carbons (Fsp3) is 0.233. The number of ether oxygens (including phenoxy) is 1. The van der Waals surface area contributed by atoms with E-state index in [0.717, 1.165) is 29.2 Å². The second-order valence-electron chi connectivity index (χ2n) is 9.89. The highest BCUT2D eigenvalue weighted by atomic mass is 31.2. The molecule has 0 spiro atoms. The van der Waals surface area contributed by atoms with Crippen LogP contribution in [0, 0.1) is 16.0 Å². The van der Waals surface area contributed by atoms with Gasteiger partial charge in [-0.1, -0.05) is 43.3 Å². The summed E-state index contributed by atoms with van der Waals surface area (Å²) in [7, 11) is -4.65. The van der Waals surface area contributed by atoms with Gasteiger partial charge in [0.05, 0.1) is 23.0 Å². The molecule has 3 aromatic rings. The van der Waals surface area contributed by atoms with Crippen molar-refractivity contribution in [1.82, 2.24) is 4.90 Å². The zero-order valence-electron chi connectivity index (χ0n) is 23.9. The van der Waals surface area contributed by atoms with Gasteiger partial charge in [0.25, 0.3) is 5.69 Å². The molecule has 13 nitrogen and oxygen atoms in total. The van der Waals surface area contributed by atoms with Crippen LogP contribution in [0.15, 0.2) is 96.4 Å². The molecule has 0 saturated carbocycles. The highest BCUT2D eigenvalue weighted by Crippen LogP contribution is 2.54. The molecule has 1 amide bonds. The maximum Gasteiger partial charge on any atom is 0.646 e. The van der Waals surface area contributed by atoms with Gasteiger partial charge in [0, 0.05) is 24.1 Å². The Kier molecular flexibility index (Phi) is 9.82. The predicted octanol–water partition coefficient (Wildman–Crippen LogP) is 5.41. The van der Waals surface area contributed by atoms with E-state index in [1.54, 1.807) is 50.2 Å². The molecule has 0 fully saturated rings. The van der Waals surface area contributed by atoms with E-state index in [2.05, 4.69) is 0 Å². The first-order chi connectivity index (χ1) is 20.9. The standard InChI is InChI=1S/C30H29N2O11P/c1-19(33)18-26(34)31-21(3)20(2)28(27(31)30(36)40-29(35)22-14-16-23(17-15-22)32(37)38)43-44(39,41-24-10-6-4-7-11-24)42-25-12-8-5-9-13-25/h4-17,19-21,33H,18H2,1-3H3/t19-,20-,21?/m1/s1. The minimum absolute atomic E-state index is 0.116. The summed E-state index contributed by atoms with van der Waals surface area (Å²) >= 11 is 0. The zero-order chi connectivity index (χ0) is 32.0. The van der Waals surface area contributed by atoms with E-state index < -0.39 is 60.8 Å². The molecule has 1 unspecified atom stereocenters. The van der Waals surface area contributed by atoms with Crippen LogP contribution < -0.4 is 9.05 Å². The number of hydrogen-bond acceptors (Lipinski definition) is 11. The molecule has 0 aromatic heterocycles. The summed E-state index contributed by atoms with van der Waals surface area (Å²) in [6.07, 6.45) is -1.47. The van der Waals surface area contributed by atoms with Gasteiger partial charge in [-0.05, 0) is 50.2 Å². The number of nitro benzene ring substituents is 1. The molecule has 4 rings (SSSR count). The van der Waals surface area contributed by atoms with Crippen LogP contribution in [0.5, 0.6) is 11.5 Å². The summed E-state index contributed by atoms with van der Waals surface area (Å²) in [6, 6.07) is 19.5. The number of amides is 1. The first-order valence-electron chi connectivity index (χ1n) is 13.4. The van der Waals surface area contributed by atoms with Crippen molar-refractivity contribution in [2.75, 3.05) is 0 Å². The van der Waals surface area contributed by atoms with Gasteiger partial charge in [-0.2, -0.15) is 4.57 Å². The fourth-order valence-corrected chi connectivity index (χ4v) is 5.68. The van der Waals surface area contributed by atoms with Crippen LogP contribution in [0.3, 0.4) is 0 Å². The summed E-state index contributed by atoms with van der Waals surface area (Å²) in [6.45, 7) is 4.57. The lowest BCUT2D eigenvalue weighted by Gasteiger charge is -2.25. The van der Waals surface area contributed by atoms with Crippen LogP contribution in [-0.2, 0) is 23.4 Å². The highest BCUT2D eigenvalue weighted by Gasteiger charge is 2.48. The van der Waals surface area contributed by atoms with Crippen LogP contribution in [0.2, 0.25) is 0 Å². The van der Waals surface area contributed by atoms with Gasteiger partial charge >= 0.3 is 19.8 Å². The third-order valence-electron chi connectivity index (χ3n) is 6.58. The molecule has 14 heteroatoms. The summed E-state index contributed by atoms with van der Waals surface area (Å²) in [5, 5.41) is 20.9. The molecule has 1 aliphatic heterocycles. The van der Waals surface area contributed by atoms with Crippen molar-refractivity contribution in [3.05, 3.63) is 112 Å². The van der Waals surface area contributed by atoms with Crippen LogP contribution in [0.4, 0.5) is 5.69 Å². The monoisotopic (exact) mass is 624 g/mol. The Morgan fingerprint density at radius 1 is 0.886 bits per heavy atom. The molecule has 0 bridgehead atoms. The highest BCUT2D eigenvalue weighted by molar-refractivity contribution is 7.49. The number of hydrogen-bond donors (Lipinski definition) is 1. The van der Waals surface area contributed by atoms with E-state index >= 15 is 0 Å². The number of carbonyl (C=O) groups is 3. The van der Waals surface area contributed by atoms with Crippen LogP contribution in [0.1, 0.15) is 37.6 Å². The third kappa shape index (κ3) is 7.49. The minimum Gasteiger partial charge on any atom is -0.393 e. The number of non-ortho nitro benzene ring substituents is 1. The van der Waals surface area contributed by atoms with Crippen LogP contribution >= 0.6 is 7.82 Å². The second-order valence-corrected chi connectivity index (χ2v) is 11.3. The maximum absolute atomic E-state index is 14.2.